The topological polar surface area (TPSA) is 307 Å². The Kier molecular flexibility index (Phi) is 18.1. The molecule has 14 N–H and O–H groups in total. The second-order valence-corrected chi connectivity index (χ2v) is 13.7. The molecule has 1 aromatic rings. The highest BCUT2D eigenvalue weighted by molar-refractivity contribution is 6.38. The van der Waals surface area contributed by atoms with E-state index >= 15 is 0 Å². The van der Waals surface area contributed by atoms with E-state index in [1.807, 2.05) is 0 Å². The van der Waals surface area contributed by atoms with Crippen LogP contribution in [0.25, 0.3) is 0 Å². The molecule has 3 atom stereocenters. The standard InChI is InChI=1S/C35H58N12O6/c36-34(37)41-18-8-6-12-26-32(52)47-27(13-9-19-42-35(38)39)31(51)45-25(29(49)33(53)44-23-15-16-23)11-5-7-17-40-28(48)14-4-2-1-3-10-24-20-22(21-43-24)30(50)46-26/h20-21,23,25-27,43H,1-19H2,(H,40,48)(H,44,53)(H,45,51)(H,46,50)(H,47,52)(H4,36,37,41)(H4,38,39,42)/t25-,26-,27-/m0/s1. The van der Waals surface area contributed by atoms with Crippen molar-refractivity contribution in [3.05, 3.63) is 23.5 Å². The lowest BCUT2D eigenvalue weighted by Gasteiger charge is -2.25. The number of aromatic amines is 1. The van der Waals surface area contributed by atoms with E-state index in [0.717, 1.165) is 50.6 Å². The lowest BCUT2D eigenvalue weighted by Crippen LogP contribution is -2.56. The van der Waals surface area contributed by atoms with Gasteiger partial charge in [-0.2, -0.15) is 0 Å². The average molecular weight is 743 g/mol. The fourth-order valence-corrected chi connectivity index (χ4v) is 5.87. The van der Waals surface area contributed by atoms with Gasteiger partial charge in [-0.25, -0.2) is 0 Å². The Bertz CT molecular complexity index is 1450. The van der Waals surface area contributed by atoms with Crippen LogP contribution in [0.15, 0.2) is 22.2 Å². The summed E-state index contributed by atoms with van der Waals surface area (Å²) in [6.07, 6.45) is 10.4. The summed E-state index contributed by atoms with van der Waals surface area (Å²) in [5.41, 5.74) is 23.0. The number of aryl methyl sites for hydroxylation is 1. The van der Waals surface area contributed by atoms with Gasteiger partial charge in [0.2, 0.25) is 23.5 Å². The van der Waals surface area contributed by atoms with Crippen molar-refractivity contribution < 1.29 is 28.8 Å². The Labute approximate surface area is 310 Å². The monoisotopic (exact) mass is 742 g/mol. The maximum Gasteiger partial charge on any atom is 0.289 e. The molecule has 0 unspecified atom stereocenters. The van der Waals surface area contributed by atoms with Gasteiger partial charge in [0.15, 0.2) is 11.9 Å². The average Bonchev–Trinajstić information content (AvgIpc) is 3.80. The highest BCUT2D eigenvalue weighted by atomic mass is 16.2. The minimum absolute atomic E-state index is 0.0535. The molecule has 2 aliphatic rings. The number of nitrogens with zero attached hydrogens (tertiary/aromatic N) is 2. The van der Waals surface area contributed by atoms with Crippen molar-refractivity contribution in [3.8, 4) is 0 Å². The van der Waals surface area contributed by atoms with E-state index < -0.39 is 47.5 Å². The van der Waals surface area contributed by atoms with E-state index in [1.165, 1.54) is 0 Å². The van der Waals surface area contributed by atoms with E-state index in [9.17, 15) is 28.8 Å². The molecule has 1 saturated carbocycles. The van der Waals surface area contributed by atoms with Crippen LogP contribution in [0.2, 0.25) is 0 Å². The molecule has 0 spiro atoms. The first kappa shape index (κ1) is 42.3. The fraction of sp³-hybridized carbons (Fsp3) is 0.657. The molecule has 294 valence electrons. The van der Waals surface area contributed by atoms with Crippen molar-refractivity contribution in [3.63, 3.8) is 0 Å². The number of hydrogen-bond acceptors (Lipinski definition) is 8. The molecule has 18 heteroatoms. The number of fused-ring (bicyclic) bond motifs is 2. The molecule has 0 aromatic carbocycles. The van der Waals surface area contributed by atoms with Crippen LogP contribution in [0.4, 0.5) is 0 Å². The number of Topliss-reactive ketones (excluding diaryl/α,β-unsaturated/α-hetero) is 1. The third-order valence-corrected chi connectivity index (χ3v) is 9.01. The van der Waals surface area contributed by atoms with Crippen molar-refractivity contribution in [2.45, 2.75) is 127 Å². The number of carbonyl (C=O) groups excluding carboxylic acids is 6. The number of unbranched alkanes of at least 4 members (excludes halogenated alkanes) is 1. The van der Waals surface area contributed by atoms with E-state index in [2.05, 4.69) is 41.6 Å². The number of nitrogens with one attached hydrogen (secondary N) is 6. The van der Waals surface area contributed by atoms with Gasteiger partial charge >= 0.3 is 0 Å². The Hall–Kier alpha value is -5.16. The van der Waals surface area contributed by atoms with Crippen molar-refractivity contribution in [1.82, 2.24) is 31.6 Å². The summed E-state index contributed by atoms with van der Waals surface area (Å²) in [7, 11) is 0. The van der Waals surface area contributed by atoms with Crippen molar-refractivity contribution in [2.75, 3.05) is 19.6 Å². The van der Waals surface area contributed by atoms with Crippen LogP contribution in [0, 0.1) is 0 Å². The molecule has 2 bridgehead atoms. The van der Waals surface area contributed by atoms with Gasteiger partial charge in [0, 0.05) is 44.0 Å². The first-order chi connectivity index (χ1) is 25.4. The number of amides is 5. The lowest BCUT2D eigenvalue weighted by molar-refractivity contribution is -0.140. The first-order valence-electron chi connectivity index (χ1n) is 18.7. The quantitative estimate of drug-likeness (QED) is 0.0551. The van der Waals surface area contributed by atoms with Crippen molar-refractivity contribution in [1.29, 1.82) is 0 Å². The first-order valence-corrected chi connectivity index (χ1v) is 18.7. The number of rotatable bonds is 12. The minimum atomic E-state index is -1.17. The van der Waals surface area contributed by atoms with Crippen LogP contribution in [0.1, 0.15) is 112 Å². The molecule has 1 fully saturated rings. The van der Waals surface area contributed by atoms with Crippen molar-refractivity contribution >= 4 is 47.2 Å². The number of aromatic nitrogens is 1. The molecule has 53 heavy (non-hydrogen) atoms. The Balaban J connectivity index is 1.85. The number of carbonyl (C=O) groups is 6. The zero-order valence-electron chi connectivity index (χ0n) is 30.6. The number of H-pyrrole nitrogens is 1. The molecular formula is C35H58N12O6. The van der Waals surface area contributed by atoms with Crippen LogP contribution in [0.5, 0.6) is 0 Å². The van der Waals surface area contributed by atoms with Crippen LogP contribution in [0.3, 0.4) is 0 Å². The van der Waals surface area contributed by atoms with Gasteiger partial charge in [-0.15, -0.1) is 0 Å². The molecule has 5 amide bonds. The second kappa shape index (κ2) is 22.7. The maximum atomic E-state index is 13.9. The normalized spacial score (nSPS) is 21.4. The highest BCUT2D eigenvalue weighted by Crippen LogP contribution is 2.19. The summed E-state index contributed by atoms with van der Waals surface area (Å²) in [5.74, 6) is -3.60. The number of nitrogens with two attached hydrogens (primary N) is 4. The van der Waals surface area contributed by atoms with Gasteiger partial charge in [-0.05, 0) is 89.5 Å². The fourth-order valence-electron chi connectivity index (χ4n) is 5.87. The zero-order valence-corrected chi connectivity index (χ0v) is 30.6. The molecule has 18 nitrogen and oxygen atoms in total. The number of aliphatic imine (C=N–C) groups is 2. The minimum Gasteiger partial charge on any atom is -0.370 e. The van der Waals surface area contributed by atoms with E-state index in [-0.39, 0.29) is 49.7 Å². The van der Waals surface area contributed by atoms with Gasteiger partial charge in [0.1, 0.15) is 12.1 Å². The Morgan fingerprint density at radius 2 is 1.38 bits per heavy atom. The molecule has 3 rings (SSSR count). The van der Waals surface area contributed by atoms with Crippen LogP contribution < -0.4 is 49.5 Å². The largest absolute Gasteiger partial charge is 0.370 e. The van der Waals surface area contributed by atoms with Gasteiger partial charge in [0.25, 0.3) is 11.8 Å². The van der Waals surface area contributed by atoms with Gasteiger partial charge < -0.3 is 54.5 Å². The molecular weight excluding hydrogens is 684 g/mol. The Morgan fingerprint density at radius 1 is 0.736 bits per heavy atom. The SMILES string of the molecule is NC(N)=NCCCC[C@@H]1NC(=O)c2c[nH]c(c2)CCCCCCC(=O)NCCCC[C@@H](C(=O)C(=O)NC2CC2)NC(=O)[C@H](CCCN=C(N)N)NC1=O. The van der Waals surface area contributed by atoms with Crippen LogP contribution in [-0.4, -0.2) is 96.0 Å². The molecule has 1 aliphatic carbocycles. The summed E-state index contributed by atoms with van der Waals surface area (Å²) in [4.78, 5) is 90.7. The van der Waals surface area contributed by atoms with E-state index in [1.54, 1.807) is 12.3 Å². The lowest BCUT2D eigenvalue weighted by atomic mass is 10.0. The molecule has 1 aromatic heterocycles. The summed E-state index contributed by atoms with van der Waals surface area (Å²) in [5, 5.41) is 13.9. The third-order valence-electron chi connectivity index (χ3n) is 9.01. The van der Waals surface area contributed by atoms with Crippen molar-refractivity contribution in [2.24, 2.45) is 32.9 Å². The van der Waals surface area contributed by atoms with Gasteiger partial charge in [-0.1, -0.05) is 12.8 Å². The third kappa shape index (κ3) is 16.8. The zero-order chi connectivity index (χ0) is 38.6. The summed E-state index contributed by atoms with van der Waals surface area (Å²) in [6, 6.07) is -1.70. The maximum absolute atomic E-state index is 13.9. The van der Waals surface area contributed by atoms with E-state index in [0.29, 0.717) is 57.2 Å². The summed E-state index contributed by atoms with van der Waals surface area (Å²) >= 11 is 0. The summed E-state index contributed by atoms with van der Waals surface area (Å²) < 4.78 is 0. The molecule has 2 heterocycles. The highest BCUT2D eigenvalue weighted by Gasteiger charge is 2.34. The Morgan fingerprint density at radius 3 is 2.08 bits per heavy atom. The van der Waals surface area contributed by atoms with Crippen LogP contribution in [-0.2, 0) is 30.4 Å². The smallest absolute Gasteiger partial charge is 0.289 e. The van der Waals surface area contributed by atoms with Gasteiger partial charge in [0.05, 0.1) is 11.6 Å². The van der Waals surface area contributed by atoms with Gasteiger partial charge in [-0.3, -0.25) is 38.8 Å². The number of guanidine groups is 2. The number of hydrogen-bond donors (Lipinski definition) is 10. The molecule has 1 aliphatic heterocycles. The molecule has 0 radical (unpaired) electrons. The molecule has 0 saturated heterocycles. The number of ketones is 1. The second-order valence-electron chi connectivity index (χ2n) is 13.7. The predicted octanol–water partition coefficient (Wildman–Crippen LogP) is -0.779. The summed E-state index contributed by atoms with van der Waals surface area (Å²) in [6.45, 7) is 0.887. The van der Waals surface area contributed by atoms with E-state index in [4.69, 9.17) is 22.9 Å². The van der Waals surface area contributed by atoms with Crippen LogP contribution >= 0.6 is 0 Å². The predicted molar refractivity (Wildman–Crippen MR) is 200 cm³/mol.